The molecule has 3 rings (SSSR count). The molecule has 4 heteroatoms. The van der Waals surface area contributed by atoms with Gasteiger partial charge in [0.25, 0.3) is 0 Å². The fourth-order valence-corrected chi connectivity index (χ4v) is 3.20. The lowest BCUT2D eigenvalue weighted by Gasteiger charge is -2.31. The number of nitrogens with zero attached hydrogens (tertiary/aromatic N) is 2. The summed E-state index contributed by atoms with van der Waals surface area (Å²) in [5, 5.41) is 3.74. The number of fused-ring (bicyclic) bond motifs is 2. The van der Waals surface area contributed by atoms with E-state index < -0.39 is 0 Å². The molecule has 2 aliphatic rings. The van der Waals surface area contributed by atoms with E-state index in [1.807, 2.05) is 12.4 Å². The van der Waals surface area contributed by atoms with E-state index in [0.29, 0.717) is 0 Å². The minimum Gasteiger partial charge on any atom is -0.349 e. The van der Waals surface area contributed by atoms with Crippen molar-refractivity contribution in [2.75, 3.05) is 26.2 Å². The maximum atomic E-state index is 4.25. The topological polar surface area (TPSA) is 44.0 Å². The van der Waals surface area contributed by atoms with E-state index in [1.54, 1.807) is 0 Å². The second-order valence-electron chi connectivity index (χ2n) is 5.34. The van der Waals surface area contributed by atoms with Crippen LogP contribution in [-0.4, -0.2) is 47.1 Å². The van der Waals surface area contributed by atoms with Crippen LogP contribution in [0, 0.1) is 5.92 Å². The molecule has 3 unspecified atom stereocenters. The number of imidazole rings is 1. The summed E-state index contributed by atoms with van der Waals surface area (Å²) < 4.78 is 0. The average Bonchev–Trinajstić information content (AvgIpc) is 2.97. The number of hydrogen-bond acceptors (Lipinski definition) is 3. The first kappa shape index (κ1) is 11.2. The molecule has 17 heavy (non-hydrogen) atoms. The molecule has 3 atom stereocenters. The molecule has 2 fully saturated rings. The van der Waals surface area contributed by atoms with Crippen molar-refractivity contribution in [1.82, 2.24) is 20.2 Å². The molecular weight excluding hydrogens is 212 g/mol. The van der Waals surface area contributed by atoms with Crippen molar-refractivity contribution in [3.8, 4) is 0 Å². The lowest BCUT2D eigenvalue weighted by atomic mass is 9.94. The molecule has 2 bridgehead atoms. The average molecular weight is 234 g/mol. The smallest absolute Gasteiger partial charge is 0.106 e. The highest BCUT2D eigenvalue weighted by Gasteiger charge is 2.33. The van der Waals surface area contributed by atoms with Crippen molar-refractivity contribution in [3.63, 3.8) is 0 Å². The number of piperidine rings is 1. The van der Waals surface area contributed by atoms with Crippen molar-refractivity contribution >= 4 is 0 Å². The Hall–Kier alpha value is -0.870. The van der Waals surface area contributed by atoms with Crippen molar-refractivity contribution in [3.05, 3.63) is 18.2 Å². The van der Waals surface area contributed by atoms with Crippen LogP contribution in [0.15, 0.2) is 12.4 Å². The van der Waals surface area contributed by atoms with Gasteiger partial charge >= 0.3 is 0 Å². The van der Waals surface area contributed by atoms with E-state index >= 15 is 0 Å². The van der Waals surface area contributed by atoms with Gasteiger partial charge in [0.1, 0.15) is 5.82 Å². The number of H-pyrrole nitrogens is 1. The van der Waals surface area contributed by atoms with Gasteiger partial charge in [0.2, 0.25) is 0 Å². The summed E-state index contributed by atoms with van der Waals surface area (Å²) in [4.78, 5) is 10.0. The zero-order valence-corrected chi connectivity index (χ0v) is 10.4. The van der Waals surface area contributed by atoms with Gasteiger partial charge < -0.3 is 15.2 Å². The number of nitrogens with one attached hydrogen (secondary N) is 2. The Morgan fingerprint density at radius 2 is 2.35 bits per heavy atom. The zero-order valence-electron chi connectivity index (χ0n) is 10.4. The van der Waals surface area contributed by atoms with Gasteiger partial charge in [-0.2, -0.15) is 0 Å². The molecule has 1 aromatic heterocycles. The largest absolute Gasteiger partial charge is 0.349 e. The van der Waals surface area contributed by atoms with Gasteiger partial charge in [0.15, 0.2) is 0 Å². The van der Waals surface area contributed by atoms with Gasteiger partial charge in [-0.15, -0.1) is 0 Å². The SMILES string of the molecule is c1c[nH]c(CCCNC2CCN3CCC2C3)n1. The molecule has 0 aliphatic carbocycles. The van der Waals surface area contributed by atoms with E-state index in [0.717, 1.165) is 30.7 Å². The van der Waals surface area contributed by atoms with Gasteiger partial charge in [0.05, 0.1) is 0 Å². The van der Waals surface area contributed by atoms with E-state index in [9.17, 15) is 0 Å². The zero-order chi connectivity index (χ0) is 11.5. The summed E-state index contributed by atoms with van der Waals surface area (Å²) in [6.45, 7) is 5.08. The Balaban J connectivity index is 1.37. The minimum absolute atomic E-state index is 0.769. The second-order valence-corrected chi connectivity index (χ2v) is 5.34. The quantitative estimate of drug-likeness (QED) is 0.748. The number of rotatable bonds is 5. The molecular formula is C13H22N4. The predicted octanol–water partition coefficient (Wildman–Crippen LogP) is 1.03. The van der Waals surface area contributed by atoms with Crippen LogP contribution in [0.1, 0.15) is 25.1 Å². The molecule has 1 aromatic rings. The Labute approximate surface area is 103 Å². The monoisotopic (exact) mass is 234 g/mol. The Morgan fingerprint density at radius 1 is 1.41 bits per heavy atom. The van der Waals surface area contributed by atoms with Crippen molar-refractivity contribution in [1.29, 1.82) is 0 Å². The minimum atomic E-state index is 0.769. The van der Waals surface area contributed by atoms with Crippen LogP contribution in [0.5, 0.6) is 0 Å². The summed E-state index contributed by atoms with van der Waals surface area (Å²) >= 11 is 0. The highest BCUT2D eigenvalue weighted by atomic mass is 15.2. The van der Waals surface area contributed by atoms with E-state index in [1.165, 1.54) is 38.9 Å². The fraction of sp³-hybridized carbons (Fsp3) is 0.769. The van der Waals surface area contributed by atoms with Gasteiger partial charge in [0, 0.05) is 31.4 Å². The van der Waals surface area contributed by atoms with Crippen LogP contribution < -0.4 is 5.32 Å². The molecule has 94 valence electrons. The summed E-state index contributed by atoms with van der Waals surface area (Å²) in [5.41, 5.74) is 0. The highest BCUT2D eigenvalue weighted by molar-refractivity contribution is 4.91. The van der Waals surface area contributed by atoms with Crippen LogP contribution >= 0.6 is 0 Å². The molecule has 4 nitrogen and oxygen atoms in total. The molecule has 0 radical (unpaired) electrons. The van der Waals surface area contributed by atoms with Gasteiger partial charge in [-0.05, 0) is 44.8 Å². The number of aromatic nitrogens is 2. The van der Waals surface area contributed by atoms with Crippen LogP contribution in [0.4, 0.5) is 0 Å². The van der Waals surface area contributed by atoms with Crippen LogP contribution in [0.2, 0.25) is 0 Å². The molecule has 2 aliphatic heterocycles. The Morgan fingerprint density at radius 3 is 3.24 bits per heavy atom. The molecule has 2 N–H and O–H groups in total. The first-order valence-corrected chi connectivity index (χ1v) is 6.86. The van der Waals surface area contributed by atoms with E-state index in [4.69, 9.17) is 0 Å². The molecule has 0 saturated carbocycles. The first-order valence-electron chi connectivity index (χ1n) is 6.86. The van der Waals surface area contributed by atoms with E-state index in [-0.39, 0.29) is 0 Å². The molecule has 2 saturated heterocycles. The lowest BCUT2D eigenvalue weighted by molar-refractivity contribution is 0.221. The van der Waals surface area contributed by atoms with Gasteiger partial charge in [-0.25, -0.2) is 4.98 Å². The van der Waals surface area contributed by atoms with Gasteiger partial charge in [-0.3, -0.25) is 0 Å². The van der Waals surface area contributed by atoms with Crippen LogP contribution in [-0.2, 0) is 6.42 Å². The van der Waals surface area contributed by atoms with E-state index in [2.05, 4.69) is 20.2 Å². The molecule has 3 heterocycles. The summed E-state index contributed by atoms with van der Waals surface area (Å²) in [5.74, 6) is 2.02. The highest BCUT2D eigenvalue weighted by Crippen LogP contribution is 2.26. The Kier molecular flexibility index (Phi) is 3.43. The second kappa shape index (κ2) is 5.19. The third kappa shape index (κ3) is 2.69. The third-order valence-corrected chi connectivity index (χ3v) is 4.19. The predicted molar refractivity (Wildman–Crippen MR) is 67.9 cm³/mol. The van der Waals surface area contributed by atoms with Crippen molar-refractivity contribution in [2.45, 2.75) is 31.7 Å². The molecule has 0 spiro atoms. The summed E-state index contributed by atoms with van der Waals surface area (Å²) in [7, 11) is 0. The maximum absolute atomic E-state index is 4.25. The fourth-order valence-electron chi connectivity index (χ4n) is 3.20. The third-order valence-electron chi connectivity index (χ3n) is 4.19. The summed E-state index contributed by atoms with van der Waals surface area (Å²) in [6, 6.07) is 0.769. The standard InChI is InChI=1S/C13H22N4/c1(2-13-15-6-7-16-13)5-14-12-4-9-17-8-3-11(12)10-17/h6-7,11-12,14H,1-5,8-10H2,(H,15,16). The number of aromatic amines is 1. The Bertz CT molecular complexity index is 335. The lowest BCUT2D eigenvalue weighted by Crippen LogP contribution is -2.44. The number of hydrogen-bond donors (Lipinski definition) is 2. The van der Waals surface area contributed by atoms with Crippen LogP contribution in [0.25, 0.3) is 0 Å². The first-order chi connectivity index (χ1) is 8.42. The van der Waals surface area contributed by atoms with Crippen molar-refractivity contribution < 1.29 is 0 Å². The van der Waals surface area contributed by atoms with Crippen LogP contribution in [0.3, 0.4) is 0 Å². The normalized spacial score (nSPS) is 31.9. The summed E-state index contributed by atoms with van der Waals surface area (Å²) in [6.07, 6.45) is 8.71. The van der Waals surface area contributed by atoms with Gasteiger partial charge in [-0.1, -0.05) is 0 Å². The number of aryl methyl sites for hydroxylation is 1. The van der Waals surface area contributed by atoms with Crippen molar-refractivity contribution in [2.24, 2.45) is 5.92 Å². The maximum Gasteiger partial charge on any atom is 0.106 e. The molecule has 0 amide bonds. The molecule has 0 aromatic carbocycles.